The van der Waals surface area contributed by atoms with E-state index in [4.69, 9.17) is 5.73 Å². The zero-order valence-corrected chi connectivity index (χ0v) is 11.5. The molecule has 1 saturated heterocycles. The second-order valence-electron chi connectivity index (χ2n) is 5.18. The number of urea groups is 1. The van der Waals surface area contributed by atoms with E-state index in [0.717, 1.165) is 25.0 Å². The van der Waals surface area contributed by atoms with Crippen LogP contribution >= 0.6 is 0 Å². The maximum absolute atomic E-state index is 12.6. The van der Waals surface area contributed by atoms with E-state index in [2.05, 4.69) is 5.32 Å². The Labute approximate surface area is 121 Å². The lowest BCUT2D eigenvalue weighted by Gasteiger charge is -2.31. The number of rotatable bonds is 3. The van der Waals surface area contributed by atoms with Gasteiger partial charge >= 0.3 is 12.2 Å². The predicted molar refractivity (Wildman–Crippen MR) is 72.5 cm³/mol. The van der Waals surface area contributed by atoms with Crippen LogP contribution in [0.1, 0.15) is 24.0 Å². The molecule has 1 aliphatic rings. The zero-order valence-electron chi connectivity index (χ0n) is 11.5. The Kier molecular flexibility index (Phi) is 4.72. The molecule has 4 nitrogen and oxygen atoms in total. The number of likely N-dealkylation sites (tertiary alicyclic amines) is 1. The van der Waals surface area contributed by atoms with Gasteiger partial charge in [-0.3, -0.25) is 0 Å². The smallest absolute Gasteiger partial charge is 0.351 e. The van der Waals surface area contributed by atoms with Crippen molar-refractivity contribution in [3.05, 3.63) is 35.4 Å². The first-order valence-electron chi connectivity index (χ1n) is 6.80. The van der Waals surface area contributed by atoms with Crippen molar-refractivity contribution in [1.29, 1.82) is 0 Å². The molecule has 2 rings (SSSR count). The molecule has 3 N–H and O–H groups in total. The Bertz CT molecular complexity index is 496. The number of nitrogens with one attached hydrogen (secondary N) is 1. The van der Waals surface area contributed by atoms with Crippen molar-refractivity contribution in [3.8, 4) is 0 Å². The highest BCUT2D eigenvalue weighted by atomic mass is 19.4. The Morgan fingerprint density at radius 3 is 2.57 bits per heavy atom. The molecule has 0 radical (unpaired) electrons. The molecule has 7 heteroatoms. The van der Waals surface area contributed by atoms with Crippen LogP contribution in [0.2, 0.25) is 0 Å². The van der Waals surface area contributed by atoms with E-state index in [1.165, 1.54) is 6.07 Å². The Morgan fingerprint density at radius 1 is 1.33 bits per heavy atom. The number of primary amides is 1. The molecule has 0 spiro atoms. The average Bonchev–Trinajstić information content (AvgIpc) is 2.45. The van der Waals surface area contributed by atoms with E-state index in [-0.39, 0.29) is 6.04 Å². The normalized spacial score (nSPS) is 17.0. The van der Waals surface area contributed by atoms with Crippen LogP contribution < -0.4 is 11.1 Å². The number of carbonyl (C=O) groups excluding carboxylic acids is 1. The molecule has 1 fully saturated rings. The zero-order chi connectivity index (χ0) is 15.5. The maximum atomic E-state index is 12.6. The Balaban J connectivity index is 1.85. The molecular weight excluding hydrogens is 283 g/mol. The summed E-state index contributed by atoms with van der Waals surface area (Å²) in [5, 5.41) is 3.23. The number of carbonyl (C=O) groups is 1. The summed E-state index contributed by atoms with van der Waals surface area (Å²) in [6.45, 7) is 1.54. The van der Waals surface area contributed by atoms with Crippen molar-refractivity contribution in [2.45, 2.75) is 31.6 Å². The quantitative estimate of drug-likeness (QED) is 0.900. The number of benzene rings is 1. The van der Waals surface area contributed by atoms with Gasteiger partial charge in [0.15, 0.2) is 0 Å². The molecule has 116 valence electrons. The number of halogens is 3. The molecule has 0 saturated carbocycles. The number of hydrogen-bond acceptors (Lipinski definition) is 2. The van der Waals surface area contributed by atoms with Crippen LogP contribution in [0.3, 0.4) is 0 Å². The van der Waals surface area contributed by atoms with Gasteiger partial charge in [-0.2, -0.15) is 13.2 Å². The molecule has 1 aromatic rings. The standard InChI is InChI=1S/C14H18F3N3O/c15-14(16,17)11-3-1-2-10(8-11)9-19-12-4-6-20(7-5-12)13(18)21/h1-3,8,12,19H,4-7,9H2,(H2,18,21). The van der Waals surface area contributed by atoms with Gasteiger partial charge in [0.1, 0.15) is 0 Å². The first-order chi connectivity index (χ1) is 9.86. The van der Waals surface area contributed by atoms with Crippen LogP contribution in [-0.4, -0.2) is 30.1 Å². The topological polar surface area (TPSA) is 58.4 Å². The highest BCUT2D eigenvalue weighted by molar-refractivity contribution is 5.72. The molecule has 0 aromatic heterocycles. The van der Waals surface area contributed by atoms with Gasteiger partial charge < -0.3 is 16.0 Å². The van der Waals surface area contributed by atoms with Crippen LogP contribution in [0, 0.1) is 0 Å². The van der Waals surface area contributed by atoms with Gasteiger partial charge in [0.05, 0.1) is 5.56 Å². The second-order valence-corrected chi connectivity index (χ2v) is 5.18. The third kappa shape index (κ3) is 4.35. The van der Waals surface area contributed by atoms with E-state index < -0.39 is 17.8 Å². The van der Waals surface area contributed by atoms with Gasteiger partial charge in [-0.25, -0.2) is 4.79 Å². The summed E-state index contributed by atoms with van der Waals surface area (Å²) in [6, 6.07) is 5.07. The van der Waals surface area contributed by atoms with Gasteiger partial charge in [0.25, 0.3) is 0 Å². The summed E-state index contributed by atoms with van der Waals surface area (Å²) in [4.78, 5) is 12.6. The molecular formula is C14H18F3N3O. The van der Waals surface area contributed by atoms with Crippen molar-refractivity contribution < 1.29 is 18.0 Å². The lowest BCUT2D eigenvalue weighted by molar-refractivity contribution is -0.137. The van der Waals surface area contributed by atoms with Crippen LogP contribution in [-0.2, 0) is 12.7 Å². The second kappa shape index (κ2) is 6.34. The molecule has 0 bridgehead atoms. The summed E-state index contributed by atoms with van der Waals surface area (Å²) in [6.07, 6.45) is -2.81. The average molecular weight is 301 g/mol. The highest BCUT2D eigenvalue weighted by Gasteiger charge is 2.30. The molecule has 0 unspecified atom stereocenters. The van der Waals surface area contributed by atoms with Crippen molar-refractivity contribution in [2.75, 3.05) is 13.1 Å². The van der Waals surface area contributed by atoms with Gasteiger partial charge in [0, 0.05) is 25.7 Å². The SMILES string of the molecule is NC(=O)N1CCC(NCc2cccc(C(F)(F)F)c2)CC1. The van der Waals surface area contributed by atoms with Crippen LogP contribution in [0.25, 0.3) is 0 Å². The fourth-order valence-electron chi connectivity index (χ4n) is 2.42. The highest BCUT2D eigenvalue weighted by Crippen LogP contribution is 2.29. The van der Waals surface area contributed by atoms with Crippen molar-refractivity contribution in [1.82, 2.24) is 10.2 Å². The van der Waals surface area contributed by atoms with Crippen molar-refractivity contribution >= 4 is 6.03 Å². The van der Waals surface area contributed by atoms with E-state index >= 15 is 0 Å². The minimum Gasteiger partial charge on any atom is -0.351 e. The maximum Gasteiger partial charge on any atom is 0.416 e. The van der Waals surface area contributed by atoms with E-state index in [0.29, 0.717) is 25.2 Å². The largest absolute Gasteiger partial charge is 0.416 e. The van der Waals surface area contributed by atoms with Crippen molar-refractivity contribution in [3.63, 3.8) is 0 Å². The summed E-state index contributed by atoms with van der Waals surface area (Å²) < 4.78 is 37.8. The number of nitrogens with zero attached hydrogens (tertiary/aromatic N) is 1. The van der Waals surface area contributed by atoms with E-state index in [1.54, 1.807) is 11.0 Å². The number of nitrogens with two attached hydrogens (primary N) is 1. The monoisotopic (exact) mass is 301 g/mol. The summed E-state index contributed by atoms with van der Waals surface area (Å²) in [5.41, 5.74) is 5.16. The Morgan fingerprint density at radius 2 is 2.00 bits per heavy atom. The first kappa shape index (κ1) is 15.6. The van der Waals surface area contributed by atoms with Gasteiger partial charge in [0.2, 0.25) is 0 Å². The van der Waals surface area contributed by atoms with Crippen molar-refractivity contribution in [2.24, 2.45) is 5.73 Å². The predicted octanol–water partition coefficient (Wildman–Crippen LogP) is 2.34. The first-order valence-corrected chi connectivity index (χ1v) is 6.80. The fraction of sp³-hybridized carbons (Fsp3) is 0.500. The lowest BCUT2D eigenvalue weighted by atomic mass is 10.0. The third-order valence-electron chi connectivity index (χ3n) is 3.66. The summed E-state index contributed by atoms with van der Waals surface area (Å²) in [5.74, 6) is 0. The lowest BCUT2D eigenvalue weighted by Crippen LogP contribution is -2.46. The Hall–Kier alpha value is -1.76. The van der Waals surface area contributed by atoms with E-state index in [1.807, 2.05) is 0 Å². The van der Waals surface area contributed by atoms with Crippen LogP contribution in [0.5, 0.6) is 0 Å². The number of hydrogen-bond donors (Lipinski definition) is 2. The van der Waals surface area contributed by atoms with Gasteiger partial charge in [-0.05, 0) is 24.5 Å². The van der Waals surface area contributed by atoms with Gasteiger partial charge in [-0.15, -0.1) is 0 Å². The molecule has 0 atom stereocenters. The van der Waals surface area contributed by atoms with Crippen LogP contribution in [0.15, 0.2) is 24.3 Å². The number of alkyl halides is 3. The number of amides is 2. The van der Waals surface area contributed by atoms with Crippen LogP contribution in [0.4, 0.5) is 18.0 Å². The molecule has 2 amide bonds. The summed E-state index contributed by atoms with van der Waals surface area (Å²) in [7, 11) is 0. The van der Waals surface area contributed by atoms with Gasteiger partial charge in [-0.1, -0.05) is 18.2 Å². The summed E-state index contributed by atoms with van der Waals surface area (Å²) >= 11 is 0. The third-order valence-corrected chi connectivity index (χ3v) is 3.66. The molecule has 1 aliphatic heterocycles. The molecule has 1 aromatic carbocycles. The fourth-order valence-corrected chi connectivity index (χ4v) is 2.42. The molecule has 21 heavy (non-hydrogen) atoms. The number of piperidine rings is 1. The molecule has 1 heterocycles. The van der Waals surface area contributed by atoms with E-state index in [9.17, 15) is 18.0 Å². The molecule has 0 aliphatic carbocycles. The minimum atomic E-state index is -4.32. The minimum absolute atomic E-state index is 0.190.